The quantitative estimate of drug-likeness (QED) is 0.662. The van der Waals surface area contributed by atoms with Gasteiger partial charge in [-0.25, -0.2) is 15.0 Å². The first-order valence-electron chi connectivity index (χ1n) is 9.63. The summed E-state index contributed by atoms with van der Waals surface area (Å²) in [5, 5.41) is 12.5. The van der Waals surface area contributed by atoms with Crippen molar-refractivity contribution >= 4 is 22.9 Å². The number of fused-ring (bicyclic) bond motifs is 2. The summed E-state index contributed by atoms with van der Waals surface area (Å²) in [6.07, 6.45) is 0.948. The predicted octanol–water partition coefficient (Wildman–Crippen LogP) is 1.49. The maximum absolute atomic E-state index is 12.5. The minimum Gasteiger partial charge on any atom is -0.394 e. The van der Waals surface area contributed by atoms with Crippen LogP contribution in [0.4, 0.5) is 5.82 Å². The van der Waals surface area contributed by atoms with Crippen molar-refractivity contribution < 1.29 is 24.1 Å². The van der Waals surface area contributed by atoms with Crippen LogP contribution in [0.1, 0.15) is 30.4 Å². The Morgan fingerprint density at radius 3 is 2.70 bits per heavy atom. The van der Waals surface area contributed by atoms with Gasteiger partial charge < -0.3 is 24.6 Å². The van der Waals surface area contributed by atoms with Crippen molar-refractivity contribution in [1.82, 2.24) is 19.5 Å². The second-order valence-electron chi connectivity index (χ2n) is 7.68. The van der Waals surface area contributed by atoms with Crippen LogP contribution in [-0.2, 0) is 14.2 Å². The number of amides is 1. The summed E-state index contributed by atoms with van der Waals surface area (Å²) in [6, 6.07) is 8.84. The van der Waals surface area contributed by atoms with Gasteiger partial charge >= 0.3 is 0 Å². The molecule has 156 valence electrons. The van der Waals surface area contributed by atoms with E-state index in [2.05, 4.69) is 20.3 Å². The maximum Gasteiger partial charge on any atom is 0.256 e. The van der Waals surface area contributed by atoms with Gasteiger partial charge in [-0.2, -0.15) is 0 Å². The Kier molecular flexibility index (Phi) is 4.51. The Labute approximate surface area is 171 Å². The first-order chi connectivity index (χ1) is 14.5. The van der Waals surface area contributed by atoms with Crippen LogP contribution < -0.4 is 5.32 Å². The lowest BCUT2D eigenvalue weighted by atomic mass is 10.1. The number of rotatable bonds is 4. The average Bonchev–Trinajstić information content (AvgIpc) is 3.39. The average molecular weight is 411 g/mol. The first kappa shape index (κ1) is 19.1. The number of carbonyl (C=O) groups excluding carboxylic acids is 1. The van der Waals surface area contributed by atoms with Crippen LogP contribution in [0, 0.1) is 0 Å². The highest BCUT2D eigenvalue weighted by Gasteiger charge is 2.56. The lowest BCUT2D eigenvalue weighted by Crippen LogP contribution is -2.31. The van der Waals surface area contributed by atoms with E-state index in [1.807, 2.05) is 19.9 Å². The van der Waals surface area contributed by atoms with Crippen molar-refractivity contribution in [1.29, 1.82) is 0 Å². The van der Waals surface area contributed by atoms with Gasteiger partial charge in [0.25, 0.3) is 5.91 Å². The minimum atomic E-state index is -0.787. The van der Waals surface area contributed by atoms with Gasteiger partial charge in [0.2, 0.25) is 0 Å². The number of ether oxygens (including phenoxy) is 3. The second kappa shape index (κ2) is 7.10. The molecule has 0 spiro atoms. The van der Waals surface area contributed by atoms with Crippen molar-refractivity contribution in [3.63, 3.8) is 0 Å². The SMILES string of the molecule is CC1(C)O[C@@H]2[C@H](O1)[C@H](CO)O[C@@H]2n1cnc2c(NC(=O)c3ccccc3)ncnc21. The second-order valence-corrected chi connectivity index (χ2v) is 7.68. The molecule has 2 aliphatic heterocycles. The molecule has 2 fully saturated rings. The molecule has 10 heteroatoms. The zero-order valence-electron chi connectivity index (χ0n) is 16.4. The summed E-state index contributed by atoms with van der Waals surface area (Å²) in [5.74, 6) is -0.785. The van der Waals surface area contributed by atoms with Crippen molar-refractivity contribution in [3.8, 4) is 0 Å². The summed E-state index contributed by atoms with van der Waals surface area (Å²) < 4.78 is 19.6. The molecule has 2 saturated heterocycles. The fourth-order valence-electron chi connectivity index (χ4n) is 3.93. The number of carbonyl (C=O) groups is 1. The molecule has 2 N–H and O–H groups in total. The number of aromatic nitrogens is 4. The number of imidazole rings is 1. The van der Waals surface area contributed by atoms with Crippen molar-refractivity contribution in [2.24, 2.45) is 0 Å². The number of hydrogen-bond acceptors (Lipinski definition) is 8. The third kappa shape index (κ3) is 3.14. The fraction of sp³-hybridized carbons (Fsp3) is 0.400. The molecule has 2 aliphatic rings. The molecule has 4 atom stereocenters. The summed E-state index contributed by atoms with van der Waals surface area (Å²) in [6.45, 7) is 3.45. The standard InChI is InChI=1S/C20H21N5O5/c1-20(2)29-14-12(8-26)28-19(15(14)30-20)25-10-23-13-16(21-9-22-17(13)25)24-18(27)11-6-4-3-5-7-11/h3-7,9-10,12,14-15,19,26H,8H2,1-2H3,(H,21,22,24,27)/t12-,14+,15+,19-/m0/s1. The van der Waals surface area contributed by atoms with Gasteiger partial charge in [0, 0.05) is 5.56 Å². The van der Waals surface area contributed by atoms with E-state index < -0.39 is 30.3 Å². The van der Waals surface area contributed by atoms with E-state index in [-0.39, 0.29) is 12.5 Å². The smallest absolute Gasteiger partial charge is 0.256 e. The van der Waals surface area contributed by atoms with E-state index in [1.165, 1.54) is 6.33 Å². The van der Waals surface area contributed by atoms with Crippen LogP contribution in [0.3, 0.4) is 0 Å². The molecule has 10 nitrogen and oxygen atoms in total. The fourth-order valence-corrected chi connectivity index (χ4v) is 3.93. The molecule has 0 radical (unpaired) electrons. The number of nitrogens with one attached hydrogen (secondary N) is 1. The van der Waals surface area contributed by atoms with E-state index in [9.17, 15) is 9.90 Å². The van der Waals surface area contributed by atoms with Gasteiger partial charge in [0.1, 0.15) is 24.6 Å². The lowest BCUT2D eigenvalue weighted by Gasteiger charge is -2.24. The number of aliphatic hydroxyl groups excluding tert-OH is 1. The molecule has 0 aliphatic carbocycles. The van der Waals surface area contributed by atoms with E-state index in [4.69, 9.17) is 14.2 Å². The Morgan fingerprint density at radius 2 is 1.93 bits per heavy atom. The number of benzene rings is 1. The zero-order valence-corrected chi connectivity index (χ0v) is 16.4. The van der Waals surface area contributed by atoms with Crippen LogP contribution in [0.5, 0.6) is 0 Å². The van der Waals surface area contributed by atoms with E-state index in [1.54, 1.807) is 35.2 Å². The Balaban J connectivity index is 1.47. The number of nitrogens with zero attached hydrogens (tertiary/aromatic N) is 4. The van der Waals surface area contributed by atoms with Crippen molar-refractivity contribution in [2.75, 3.05) is 11.9 Å². The van der Waals surface area contributed by atoms with Crippen molar-refractivity contribution in [2.45, 2.75) is 44.2 Å². The zero-order chi connectivity index (χ0) is 20.9. The van der Waals surface area contributed by atoms with Gasteiger partial charge in [-0.05, 0) is 26.0 Å². The van der Waals surface area contributed by atoms with Crippen LogP contribution in [0.25, 0.3) is 11.2 Å². The number of hydrogen-bond donors (Lipinski definition) is 2. The molecule has 1 amide bonds. The van der Waals surface area contributed by atoms with Crippen LogP contribution in [-0.4, -0.2) is 61.2 Å². The Hall–Kier alpha value is -2.92. The summed E-state index contributed by atoms with van der Waals surface area (Å²) in [7, 11) is 0. The molecular weight excluding hydrogens is 390 g/mol. The number of anilines is 1. The monoisotopic (exact) mass is 411 g/mol. The highest BCUT2D eigenvalue weighted by Crippen LogP contribution is 2.43. The largest absolute Gasteiger partial charge is 0.394 e. The predicted molar refractivity (Wildman–Crippen MR) is 105 cm³/mol. The topological polar surface area (TPSA) is 121 Å². The van der Waals surface area contributed by atoms with Gasteiger partial charge in [-0.1, -0.05) is 18.2 Å². The summed E-state index contributed by atoms with van der Waals surface area (Å²) >= 11 is 0. The third-order valence-corrected chi connectivity index (χ3v) is 5.21. The normalized spacial score (nSPS) is 27.3. The van der Waals surface area contributed by atoms with Crippen LogP contribution in [0.2, 0.25) is 0 Å². The maximum atomic E-state index is 12.5. The Morgan fingerprint density at radius 1 is 1.17 bits per heavy atom. The molecular formula is C20H21N5O5. The van der Waals surface area contributed by atoms with Gasteiger partial charge in [0.15, 0.2) is 29.0 Å². The van der Waals surface area contributed by atoms with E-state index in [0.29, 0.717) is 22.5 Å². The first-order valence-corrected chi connectivity index (χ1v) is 9.63. The third-order valence-electron chi connectivity index (χ3n) is 5.21. The van der Waals surface area contributed by atoms with Gasteiger partial charge in [-0.3, -0.25) is 9.36 Å². The van der Waals surface area contributed by atoms with Crippen LogP contribution >= 0.6 is 0 Å². The van der Waals surface area contributed by atoms with E-state index in [0.717, 1.165) is 0 Å². The summed E-state index contributed by atoms with van der Waals surface area (Å²) in [4.78, 5) is 25.4. The molecule has 5 rings (SSSR count). The highest BCUT2D eigenvalue weighted by molar-refractivity contribution is 6.06. The van der Waals surface area contributed by atoms with Crippen molar-refractivity contribution in [3.05, 3.63) is 48.5 Å². The molecule has 0 unspecified atom stereocenters. The molecule has 4 heterocycles. The molecule has 2 aromatic heterocycles. The Bertz CT molecular complexity index is 1090. The molecule has 30 heavy (non-hydrogen) atoms. The highest BCUT2D eigenvalue weighted by atomic mass is 16.8. The summed E-state index contributed by atoms with van der Waals surface area (Å²) in [5.41, 5.74) is 1.41. The molecule has 0 bridgehead atoms. The number of aliphatic hydroxyl groups is 1. The molecule has 3 aromatic rings. The van der Waals surface area contributed by atoms with Crippen LogP contribution in [0.15, 0.2) is 43.0 Å². The molecule has 1 aromatic carbocycles. The van der Waals surface area contributed by atoms with Gasteiger partial charge in [-0.15, -0.1) is 0 Å². The minimum absolute atomic E-state index is 0.197. The van der Waals surface area contributed by atoms with E-state index >= 15 is 0 Å². The molecule has 0 saturated carbocycles. The van der Waals surface area contributed by atoms with Gasteiger partial charge in [0.05, 0.1) is 12.9 Å². The lowest BCUT2D eigenvalue weighted by molar-refractivity contribution is -0.199.